The minimum Gasteiger partial charge on any atom is -0.309 e. The lowest BCUT2D eigenvalue weighted by Gasteiger charge is -2.10. The Labute approximate surface area is 117 Å². The molecular formula is C15H17N3O2. The fourth-order valence-electron chi connectivity index (χ4n) is 2.01. The summed E-state index contributed by atoms with van der Waals surface area (Å²) in [6, 6.07) is 12.8. The molecule has 0 aliphatic rings. The molecule has 1 heterocycles. The molecule has 0 radical (unpaired) electrons. The average Bonchev–Trinajstić information content (AvgIpc) is 2.44. The highest BCUT2D eigenvalue weighted by Gasteiger charge is 2.03. The van der Waals surface area contributed by atoms with Crippen LogP contribution < -0.4 is 16.8 Å². The van der Waals surface area contributed by atoms with Gasteiger partial charge in [0.2, 0.25) is 5.91 Å². The van der Waals surface area contributed by atoms with Crippen LogP contribution in [0.1, 0.15) is 16.8 Å². The van der Waals surface area contributed by atoms with Crippen LogP contribution in [0.3, 0.4) is 0 Å². The lowest BCUT2D eigenvalue weighted by Crippen LogP contribution is -2.31. The van der Waals surface area contributed by atoms with Crippen molar-refractivity contribution in [2.75, 3.05) is 0 Å². The molecule has 20 heavy (non-hydrogen) atoms. The summed E-state index contributed by atoms with van der Waals surface area (Å²) in [6.07, 6.45) is 0.251. The topological polar surface area (TPSA) is 77.1 Å². The fourth-order valence-corrected chi connectivity index (χ4v) is 2.01. The van der Waals surface area contributed by atoms with Gasteiger partial charge in [-0.2, -0.15) is 0 Å². The van der Waals surface area contributed by atoms with E-state index in [1.54, 1.807) is 16.7 Å². The molecule has 1 aromatic carbocycles. The molecule has 2 aromatic rings. The summed E-state index contributed by atoms with van der Waals surface area (Å²) in [4.78, 5) is 23.0. The van der Waals surface area contributed by atoms with Crippen LogP contribution in [-0.2, 0) is 17.8 Å². The number of hydrogen-bond acceptors (Lipinski definition) is 3. The number of pyridine rings is 1. The number of carbonyl (C=O) groups excluding carboxylic acids is 1. The molecule has 1 aromatic heterocycles. The number of hydrogen-bond donors (Lipinski definition) is 2. The summed E-state index contributed by atoms with van der Waals surface area (Å²) in [7, 11) is 0. The second kappa shape index (κ2) is 6.16. The second-order valence-electron chi connectivity index (χ2n) is 4.65. The van der Waals surface area contributed by atoms with Gasteiger partial charge in [-0.15, -0.1) is 0 Å². The number of aromatic nitrogens is 1. The Morgan fingerprint density at radius 2 is 1.80 bits per heavy atom. The number of nitrogens with zero attached hydrogens (tertiary/aromatic N) is 1. The van der Waals surface area contributed by atoms with Gasteiger partial charge in [0.15, 0.2) is 0 Å². The van der Waals surface area contributed by atoms with E-state index in [1.807, 2.05) is 37.3 Å². The van der Waals surface area contributed by atoms with Crippen LogP contribution >= 0.6 is 0 Å². The summed E-state index contributed by atoms with van der Waals surface area (Å²) in [5, 5.41) is 0. The predicted molar refractivity (Wildman–Crippen MR) is 77.0 cm³/mol. The standard InChI is InChI=1S/C15H17N3O2/c1-11-3-2-4-15(20)18(11)10-13-7-5-12(6-8-13)9-14(19)17-16/h2-8H,9-10,16H2,1H3,(H,17,19). The monoisotopic (exact) mass is 271 g/mol. The Balaban J connectivity index is 2.15. The third-order valence-electron chi connectivity index (χ3n) is 3.16. The molecule has 0 atom stereocenters. The van der Waals surface area contributed by atoms with Gasteiger partial charge in [0.25, 0.3) is 5.56 Å². The Bertz CT molecular complexity index is 660. The van der Waals surface area contributed by atoms with Crippen LogP contribution in [0.15, 0.2) is 47.3 Å². The van der Waals surface area contributed by atoms with E-state index in [2.05, 4.69) is 5.43 Å². The largest absolute Gasteiger partial charge is 0.309 e. The van der Waals surface area contributed by atoms with Crippen LogP contribution in [-0.4, -0.2) is 10.5 Å². The molecule has 2 rings (SSSR count). The molecule has 5 heteroatoms. The Kier molecular flexibility index (Phi) is 4.32. The van der Waals surface area contributed by atoms with Crippen molar-refractivity contribution in [3.05, 3.63) is 69.6 Å². The maximum absolute atomic E-state index is 11.8. The summed E-state index contributed by atoms with van der Waals surface area (Å²) < 4.78 is 1.71. The summed E-state index contributed by atoms with van der Waals surface area (Å²) in [5.74, 6) is 4.82. The Hall–Kier alpha value is -2.40. The highest BCUT2D eigenvalue weighted by Crippen LogP contribution is 2.07. The molecule has 0 aliphatic heterocycles. The van der Waals surface area contributed by atoms with E-state index >= 15 is 0 Å². The zero-order valence-electron chi connectivity index (χ0n) is 11.3. The number of aryl methyl sites for hydroxylation is 1. The smallest absolute Gasteiger partial charge is 0.251 e. The molecule has 104 valence electrons. The van der Waals surface area contributed by atoms with E-state index in [9.17, 15) is 9.59 Å². The van der Waals surface area contributed by atoms with E-state index in [4.69, 9.17) is 5.84 Å². The summed E-state index contributed by atoms with van der Waals surface area (Å²) >= 11 is 0. The zero-order valence-corrected chi connectivity index (χ0v) is 11.3. The van der Waals surface area contributed by atoms with Crippen LogP contribution in [0.5, 0.6) is 0 Å². The van der Waals surface area contributed by atoms with Gasteiger partial charge in [0, 0.05) is 11.8 Å². The second-order valence-corrected chi connectivity index (χ2v) is 4.65. The average molecular weight is 271 g/mol. The number of nitrogens with one attached hydrogen (secondary N) is 1. The number of rotatable bonds is 4. The minimum atomic E-state index is -0.229. The molecule has 0 unspecified atom stereocenters. The summed E-state index contributed by atoms with van der Waals surface area (Å²) in [5.41, 5.74) is 4.90. The van der Waals surface area contributed by atoms with Crippen LogP contribution in [0, 0.1) is 6.92 Å². The molecule has 0 fully saturated rings. The van der Waals surface area contributed by atoms with Gasteiger partial charge in [0.1, 0.15) is 0 Å². The first-order valence-electron chi connectivity index (χ1n) is 6.34. The zero-order chi connectivity index (χ0) is 14.5. The molecule has 0 aliphatic carbocycles. The Morgan fingerprint density at radius 1 is 1.15 bits per heavy atom. The van der Waals surface area contributed by atoms with Gasteiger partial charge in [-0.1, -0.05) is 30.3 Å². The predicted octanol–water partition coefficient (Wildman–Crippen LogP) is 0.737. The molecule has 5 nitrogen and oxygen atoms in total. The van der Waals surface area contributed by atoms with Gasteiger partial charge in [-0.3, -0.25) is 15.0 Å². The van der Waals surface area contributed by atoms with Gasteiger partial charge in [-0.05, 0) is 24.1 Å². The van der Waals surface area contributed by atoms with Crippen molar-refractivity contribution in [3.63, 3.8) is 0 Å². The molecule has 0 bridgehead atoms. The van der Waals surface area contributed by atoms with Gasteiger partial charge >= 0.3 is 0 Å². The molecule has 0 saturated heterocycles. The molecular weight excluding hydrogens is 254 g/mol. The highest BCUT2D eigenvalue weighted by molar-refractivity contribution is 5.77. The van der Waals surface area contributed by atoms with Crippen LogP contribution in [0.4, 0.5) is 0 Å². The lowest BCUT2D eigenvalue weighted by molar-refractivity contribution is -0.120. The van der Waals surface area contributed by atoms with Crippen LogP contribution in [0.2, 0.25) is 0 Å². The number of hydrazine groups is 1. The quantitative estimate of drug-likeness (QED) is 0.489. The SMILES string of the molecule is Cc1cccc(=O)n1Cc1ccc(CC(=O)NN)cc1. The van der Waals surface area contributed by atoms with Gasteiger partial charge < -0.3 is 4.57 Å². The summed E-state index contributed by atoms with van der Waals surface area (Å²) in [6.45, 7) is 2.43. The fraction of sp³-hybridized carbons (Fsp3) is 0.200. The molecule has 1 amide bonds. The number of nitrogens with two attached hydrogens (primary N) is 1. The van der Waals surface area contributed by atoms with Crippen molar-refractivity contribution in [1.82, 2.24) is 9.99 Å². The minimum absolute atomic E-state index is 0.0170. The van der Waals surface area contributed by atoms with Crippen molar-refractivity contribution in [2.45, 2.75) is 19.9 Å². The Morgan fingerprint density at radius 3 is 2.40 bits per heavy atom. The number of amides is 1. The third kappa shape index (κ3) is 3.33. The molecule has 0 spiro atoms. The van der Waals surface area contributed by atoms with Crippen molar-refractivity contribution in [2.24, 2.45) is 5.84 Å². The van der Waals surface area contributed by atoms with Crippen molar-refractivity contribution < 1.29 is 4.79 Å². The lowest BCUT2D eigenvalue weighted by atomic mass is 10.1. The van der Waals surface area contributed by atoms with Crippen LogP contribution in [0.25, 0.3) is 0 Å². The first kappa shape index (κ1) is 14.0. The van der Waals surface area contributed by atoms with Crippen molar-refractivity contribution >= 4 is 5.91 Å². The number of carbonyl (C=O) groups is 1. The van der Waals surface area contributed by atoms with Crippen molar-refractivity contribution in [1.29, 1.82) is 0 Å². The molecule has 0 saturated carbocycles. The molecule has 3 N–H and O–H groups in total. The number of benzene rings is 1. The van der Waals surface area contributed by atoms with E-state index < -0.39 is 0 Å². The maximum Gasteiger partial charge on any atom is 0.251 e. The maximum atomic E-state index is 11.8. The van der Waals surface area contributed by atoms with E-state index in [0.717, 1.165) is 16.8 Å². The van der Waals surface area contributed by atoms with Crippen molar-refractivity contribution in [3.8, 4) is 0 Å². The first-order chi connectivity index (χ1) is 9.60. The van der Waals surface area contributed by atoms with E-state index in [-0.39, 0.29) is 17.9 Å². The van der Waals surface area contributed by atoms with Gasteiger partial charge in [-0.25, -0.2) is 5.84 Å². The normalized spacial score (nSPS) is 10.3. The van der Waals surface area contributed by atoms with E-state index in [0.29, 0.717) is 6.54 Å². The highest BCUT2D eigenvalue weighted by atomic mass is 16.2. The van der Waals surface area contributed by atoms with E-state index in [1.165, 1.54) is 0 Å². The third-order valence-corrected chi connectivity index (χ3v) is 3.16. The first-order valence-corrected chi connectivity index (χ1v) is 6.34. The van der Waals surface area contributed by atoms with Gasteiger partial charge in [0.05, 0.1) is 13.0 Å².